The predicted molar refractivity (Wildman–Crippen MR) is 89.0 cm³/mol. The van der Waals surface area contributed by atoms with E-state index in [0.29, 0.717) is 5.92 Å². The number of rotatable bonds is 3. The molecule has 0 unspecified atom stereocenters. The Labute approximate surface area is 139 Å². The summed E-state index contributed by atoms with van der Waals surface area (Å²) in [5, 5.41) is 12.9. The van der Waals surface area contributed by atoms with E-state index in [4.69, 9.17) is 0 Å². The van der Waals surface area contributed by atoms with Crippen LogP contribution in [-0.4, -0.2) is 43.2 Å². The molecule has 1 atom stereocenters. The molecule has 0 bridgehead atoms. The van der Waals surface area contributed by atoms with Crippen LogP contribution in [0.15, 0.2) is 24.4 Å². The maximum Gasteiger partial charge on any atom is 0.167 e. The van der Waals surface area contributed by atoms with Gasteiger partial charge in [0.25, 0.3) is 0 Å². The summed E-state index contributed by atoms with van der Waals surface area (Å²) in [5.41, 5.74) is 2.18. The molecule has 24 heavy (non-hydrogen) atoms. The largest absolute Gasteiger partial charge is 0.361 e. The number of aromatic nitrogens is 5. The average Bonchev–Trinajstić information content (AvgIpc) is 3.20. The number of halogens is 1. The number of likely N-dealkylation sites (tertiary alicyclic amines) is 1. The van der Waals surface area contributed by atoms with Crippen molar-refractivity contribution in [3.8, 4) is 0 Å². The number of nitrogens with zero attached hydrogens (tertiary/aromatic N) is 5. The number of benzene rings is 1. The van der Waals surface area contributed by atoms with Crippen LogP contribution >= 0.6 is 0 Å². The summed E-state index contributed by atoms with van der Waals surface area (Å²) in [6.45, 7) is 4.17. The van der Waals surface area contributed by atoms with Gasteiger partial charge in [0.15, 0.2) is 5.82 Å². The fraction of sp³-hybridized carbons (Fsp3) is 0.471. The van der Waals surface area contributed by atoms with Crippen molar-refractivity contribution < 1.29 is 4.39 Å². The minimum absolute atomic E-state index is 0.197. The molecule has 0 aliphatic carbocycles. The summed E-state index contributed by atoms with van der Waals surface area (Å²) in [4.78, 5) is 5.63. The predicted octanol–water partition coefficient (Wildman–Crippen LogP) is 2.77. The highest BCUT2D eigenvalue weighted by Gasteiger charge is 2.27. The molecule has 6 nitrogen and oxygen atoms in total. The summed E-state index contributed by atoms with van der Waals surface area (Å²) in [6, 6.07) is 5.20. The zero-order valence-electron chi connectivity index (χ0n) is 13.9. The lowest BCUT2D eigenvalue weighted by molar-refractivity contribution is 0.154. The third-order valence-electron chi connectivity index (χ3n) is 5.22. The molecule has 0 saturated carbocycles. The maximum absolute atomic E-state index is 13.4. The molecule has 2 aromatic heterocycles. The van der Waals surface area contributed by atoms with Gasteiger partial charge in [-0.2, -0.15) is 0 Å². The van der Waals surface area contributed by atoms with E-state index in [0.717, 1.165) is 42.7 Å². The smallest absolute Gasteiger partial charge is 0.167 e. The van der Waals surface area contributed by atoms with Gasteiger partial charge in [0.2, 0.25) is 0 Å². The number of fused-ring (bicyclic) bond motifs is 1. The van der Waals surface area contributed by atoms with Crippen LogP contribution in [0, 0.1) is 5.82 Å². The monoisotopic (exact) mass is 328 g/mol. The third kappa shape index (κ3) is 2.58. The molecule has 1 aliphatic rings. The Morgan fingerprint density at radius 1 is 1.29 bits per heavy atom. The van der Waals surface area contributed by atoms with E-state index in [1.807, 2.05) is 19.3 Å². The van der Waals surface area contributed by atoms with Crippen LogP contribution < -0.4 is 0 Å². The number of nitrogens with one attached hydrogen (secondary N) is 1. The third-order valence-corrected chi connectivity index (χ3v) is 5.22. The highest BCUT2D eigenvalue weighted by Crippen LogP contribution is 2.35. The van der Waals surface area contributed by atoms with Crippen LogP contribution in [0.4, 0.5) is 4.39 Å². The Morgan fingerprint density at radius 2 is 2.08 bits per heavy atom. The molecule has 1 saturated heterocycles. The topological polar surface area (TPSA) is 62.6 Å². The molecule has 7 heteroatoms. The second-order valence-electron chi connectivity index (χ2n) is 6.58. The lowest BCUT2D eigenvalue weighted by Crippen LogP contribution is -2.36. The number of H-pyrrole nitrogens is 1. The summed E-state index contributed by atoms with van der Waals surface area (Å²) >= 11 is 0. The first-order valence-electron chi connectivity index (χ1n) is 8.36. The Kier molecular flexibility index (Phi) is 3.80. The lowest BCUT2D eigenvalue weighted by Gasteiger charge is -2.35. The van der Waals surface area contributed by atoms with Crippen molar-refractivity contribution in [3.05, 3.63) is 41.6 Å². The van der Waals surface area contributed by atoms with Crippen LogP contribution in [0.5, 0.6) is 0 Å². The van der Waals surface area contributed by atoms with E-state index >= 15 is 0 Å². The van der Waals surface area contributed by atoms with E-state index in [1.165, 1.54) is 11.6 Å². The highest BCUT2D eigenvalue weighted by atomic mass is 19.1. The van der Waals surface area contributed by atoms with Gasteiger partial charge in [-0.25, -0.2) is 9.07 Å². The molecule has 1 aliphatic heterocycles. The second-order valence-corrected chi connectivity index (χ2v) is 6.58. The van der Waals surface area contributed by atoms with E-state index in [9.17, 15) is 4.39 Å². The summed E-state index contributed by atoms with van der Waals surface area (Å²) < 4.78 is 15.1. The van der Waals surface area contributed by atoms with Gasteiger partial charge in [0, 0.05) is 24.1 Å². The number of tetrazole rings is 1. The number of aromatic amines is 1. The Bertz CT molecular complexity index is 846. The highest BCUT2D eigenvalue weighted by molar-refractivity contribution is 5.83. The van der Waals surface area contributed by atoms with Crippen molar-refractivity contribution in [2.45, 2.75) is 31.7 Å². The molecule has 1 aromatic carbocycles. The zero-order valence-corrected chi connectivity index (χ0v) is 13.9. The molecule has 4 rings (SSSR count). The first-order chi connectivity index (χ1) is 11.6. The van der Waals surface area contributed by atoms with Crippen LogP contribution in [0.2, 0.25) is 0 Å². The molecule has 0 spiro atoms. The molecule has 0 amide bonds. The van der Waals surface area contributed by atoms with Crippen LogP contribution in [0.3, 0.4) is 0 Å². The molecule has 3 aromatic rings. The van der Waals surface area contributed by atoms with Crippen LogP contribution in [0.1, 0.15) is 43.1 Å². The fourth-order valence-electron chi connectivity index (χ4n) is 3.81. The molecule has 1 fully saturated rings. The summed E-state index contributed by atoms with van der Waals surface area (Å²) in [7, 11) is 1.88. The van der Waals surface area contributed by atoms with Crippen molar-refractivity contribution in [1.82, 2.24) is 30.1 Å². The number of piperidine rings is 1. The molecular formula is C17H21FN6. The van der Waals surface area contributed by atoms with Crippen molar-refractivity contribution in [1.29, 1.82) is 0 Å². The van der Waals surface area contributed by atoms with E-state index in [1.54, 1.807) is 10.7 Å². The van der Waals surface area contributed by atoms with Crippen molar-refractivity contribution in [2.24, 2.45) is 7.05 Å². The van der Waals surface area contributed by atoms with E-state index < -0.39 is 0 Å². The van der Waals surface area contributed by atoms with Gasteiger partial charge in [-0.05, 0) is 73.0 Å². The van der Waals surface area contributed by atoms with E-state index in [2.05, 4.69) is 32.3 Å². The SMILES string of the molecule is C[C@H](c1nnnn1C)N1CCC(c2c[nH]c3cc(F)ccc23)CC1. The number of hydrogen-bond donors (Lipinski definition) is 1. The minimum atomic E-state index is -0.197. The molecule has 3 heterocycles. The number of aryl methyl sites for hydroxylation is 1. The molecule has 0 radical (unpaired) electrons. The average molecular weight is 328 g/mol. The van der Waals surface area contributed by atoms with Gasteiger partial charge < -0.3 is 4.98 Å². The van der Waals surface area contributed by atoms with Gasteiger partial charge in [-0.1, -0.05) is 0 Å². The number of hydrogen-bond acceptors (Lipinski definition) is 4. The van der Waals surface area contributed by atoms with Crippen LogP contribution in [-0.2, 0) is 7.05 Å². The van der Waals surface area contributed by atoms with Gasteiger partial charge in [-0.3, -0.25) is 4.90 Å². The Balaban J connectivity index is 1.48. The van der Waals surface area contributed by atoms with Crippen molar-refractivity contribution in [3.63, 3.8) is 0 Å². The zero-order chi connectivity index (χ0) is 16.7. The summed E-state index contributed by atoms with van der Waals surface area (Å²) in [5.74, 6) is 1.21. The first kappa shape index (κ1) is 15.3. The second kappa shape index (κ2) is 5.98. The first-order valence-corrected chi connectivity index (χ1v) is 8.36. The Hall–Kier alpha value is -2.28. The van der Waals surface area contributed by atoms with Crippen LogP contribution in [0.25, 0.3) is 10.9 Å². The van der Waals surface area contributed by atoms with E-state index in [-0.39, 0.29) is 11.9 Å². The molecular weight excluding hydrogens is 307 g/mol. The van der Waals surface area contributed by atoms with Gasteiger partial charge in [0.1, 0.15) is 5.82 Å². The normalized spacial score (nSPS) is 18.3. The lowest BCUT2D eigenvalue weighted by atomic mass is 9.88. The van der Waals surface area contributed by atoms with Gasteiger partial charge in [-0.15, -0.1) is 5.10 Å². The molecule has 1 N–H and O–H groups in total. The van der Waals surface area contributed by atoms with Crippen molar-refractivity contribution >= 4 is 10.9 Å². The molecule has 126 valence electrons. The maximum atomic E-state index is 13.4. The summed E-state index contributed by atoms with van der Waals surface area (Å²) in [6.07, 6.45) is 4.21. The Morgan fingerprint density at radius 3 is 2.79 bits per heavy atom. The minimum Gasteiger partial charge on any atom is -0.361 e. The fourth-order valence-corrected chi connectivity index (χ4v) is 3.81. The van der Waals surface area contributed by atoms with Gasteiger partial charge >= 0.3 is 0 Å². The quantitative estimate of drug-likeness (QED) is 0.803. The van der Waals surface area contributed by atoms with Gasteiger partial charge in [0.05, 0.1) is 6.04 Å². The standard InChI is InChI=1S/C17H21FN6/c1-11(17-20-21-22-23(17)2)24-7-5-12(6-8-24)15-10-19-16-9-13(18)3-4-14(15)16/h3-4,9-12,19H,5-8H2,1-2H3/t11-/m1/s1. The van der Waals surface area contributed by atoms with Crippen molar-refractivity contribution in [2.75, 3.05) is 13.1 Å².